The molecular formula is C15H22N2O3S. The molecule has 0 bridgehead atoms. The van der Waals surface area contributed by atoms with Crippen LogP contribution < -0.4 is 10.6 Å². The Morgan fingerprint density at radius 1 is 1.29 bits per heavy atom. The normalized spacial score (nSPS) is 13.2. The van der Waals surface area contributed by atoms with Crippen LogP contribution in [0.25, 0.3) is 0 Å². The predicted molar refractivity (Wildman–Crippen MR) is 85.6 cm³/mol. The third kappa shape index (κ3) is 7.04. The summed E-state index contributed by atoms with van der Waals surface area (Å²) in [5, 5.41) is 14.9. The Morgan fingerprint density at radius 2 is 1.95 bits per heavy atom. The van der Waals surface area contributed by atoms with Crippen LogP contribution >= 0.6 is 11.8 Å². The van der Waals surface area contributed by atoms with Gasteiger partial charge in [-0.25, -0.2) is 4.79 Å². The van der Waals surface area contributed by atoms with E-state index in [4.69, 9.17) is 5.11 Å². The molecule has 1 rings (SSSR count). The average molecular weight is 310 g/mol. The minimum absolute atomic E-state index is 0.140. The largest absolute Gasteiger partial charge is 0.481 e. The van der Waals surface area contributed by atoms with Crippen LogP contribution in [0.5, 0.6) is 0 Å². The molecule has 0 saturated carbocycles. The van der Waals surface area contributed by atoms with Gasteiger partial charge in [-0.15, -0.1) is 0 Å². The number of hydrogen-bond acceptors (Lipinski definition) is 3. The second-order valence-electron chi connectivity index (χ2n) is 4.80. The van der Waals surface area contributed by atoms with Gasteiger partial charge >= 0.3 is 12.0 Å². The molecule has 116 valence electrons. The van der Waals surface area contributed by atoms with Crippen molar-refractivity contribution in [1.29, 1.82) is 0 Å². The van der Waals surface area contributed by atoms with E-state index in [1.807, 2.05) is 36.6 Å². The number of carbonyl (C=O) groups excluding carboxylic acids is 1. The lowest BCUT2D eigenvalue weighted by Crippen LogP contribution is -2.39. The number of benzene rings is 1. The highest BCUT2D eigenvalue weighted by atomic mass is 32.2. The molecule has 1 aromatic carbocycles. The standard InChI is InChI=1S/C15H22N2O3S/c1-11(21-2)8-9-16-15(20)17-13(10-14(18)19)12-6-4-3-5-7-12/h3-7,11,13H,8-10H2,1-2H3,(H,18,19)(H2,16,17,20). The van der Waals surface area contributed by atoms with Crippen LogP contribution in [-0.2, 0) is 4.79 Å². The Bertz CT molecular complexity index is 453. The van der Waals surface area contributed by atoms with E-state index in [9.17, 15) is 9.59 Å². The number of rotatable bonds is 8. The molecule has 6 heteroatoms. The van der Waals surface area contributed by atoms with Crippen LogP contribution in [-0.4, -0.2) is 35.2 Å². The lowest BCUT2D eigenvalue weighted by molar-refractivity contribution is -0.137. The molecule has 0 spiro atoms. The van der Waals surface area contributed by atoms with Crippen molar-refractivity contribution in [3.8, 4) is 0 Å². The van der Waals surface area contributed by atoms with E-state index in [2.05, 4.69) is 17.6 Å². The number of aliphatic carboxylic acids is 1. The molecule has 2 unspecified atom stereocenters. The molecule has 0 fully saturated rings. The van der Waals surface area contributed by atoms with Gasteiger partial charge in [-0.3, -0.25) is 4.79 Å². The smallest absolute Gasteiger partial charge is 0.315 e. The molecule has 1 aromatic rings. The predicted octanol–water partition coefficient (Wildman–Crippen LogP) is 2.64. The lowest BCUT2D eigenvalue weighted by atomic mass is 10.0. The van der Waals surface area contributed by atoms with Gasteiger partial charge in [-0.05, 0) is 18.2 Å². The van der Waals surface area contributed by atoms with E-state index in [0.717, 1.165) is 12.0 Å². The zero-order valence-electron chi connectivity index (χ0n) is 12.3. The first-order valence-electron chi connectivity index (χ1n) is 6.86. The summed E-state index contributed by atoms with van der Waals surface area (Å²) in [6.07, 6.45) is 2.77. The SMILES string of the molecule is CSC(C)CCNC(=O)NC(CC(=O)O)c1ccccc1. The van der Waals surface area contributed by atoms with Gasteiger partial charge in [-0.1, -0.05) is 37.3 Å². The molecule has 0 aliphatic heterocycles. The fourth-order valence-corrected chi connectivity index (χ4v) is 2.18. The summed E-state index contributed by atoms with van der Waals surface area (Å²) in [7, 11) is 0. The number of carboxylic acids is 1. The minimum Gasteiger partial charge on any atom is -0.481 e. The maximum absolute atomic E-state index is 11.9. The summed E-state index contributed by atoms with van der Waals surface area (Å²) in [5.74, 6) is -0.944. The molecule has 0 aliphatic carbocycles. The van der Waals surface area contributed by atoms with Gasteiger partial charge in [0.25, 0.3) is 0 Å². The van der Waals surface area contributed by atoms with E-state index >= 15 is 0 Å². The van der Waals surface area contributed by atoms with Gasteiger partial charge in [0, 0.05) is 11.8 Å². The number of thioether (sulfide) groups is 1. The average Bonchev–Trinajstić information content (AvgIpc) is 2.46. The molecule has 0 aliphatic rings. The van der Waals surface area contributed by atoms with E-state index in [-0.39, 0.29) is 12.5 Å². The van der Waals surface area contributed by atoms with E-state index in [1.165, 1.54) is 0 Å². The first-order valence-corrected chi connectivity index (χ1v) is 8.15. The molecular weight excluding hydrogens is 288 g/mol. The molecule has 0 radical (unpaired) electrons. The minimum atomic E-state index is -0.944. The van der Waals surface area contributed by atoms with Crippen LogP contribution in [0.3, 0.4) is 0 Å². The Labute approximate surface area is 129 Å². The fraction of sp³-hybridized carbons (Fsp3) is 0.467. The van der Waals surface area contributed by atoms with Gasteiger partial charge in [0.1, 0.15) is 0 Å². The maximum Gasteiger partial charge on any atom is 0.315 e. The second-order valence-corrected chi connectivity index (χ2v) is 6.07. The first-order chi connectivity index (χ1) is 10.0. The van der Waals surface area contributed by atoms with E-state index < -0.39 is 12.0 Å². The molecule has 2 amide bonds. The summed E-state index contributed by atoms with van der Waals surface area (Å²) in [5.41, 5.74) is 0.785. The quantitative estimate of drug-likeness (QED) is 0.690. The summed E-state index contributed by atoms with van der Waals surface area (Å²) < 4.78 is 0. The maximum atomic E-state index is 11.9. The van der Waals surface area contributed by atoms with Crippen LogP contribution in [0.4, 0.5) is 4.79 Å². The number of carbonyl (C=O) groups is 2. The highest BCUT2D eigenvalue weighted by Gasteiger charge is 2.17. The summed E-state index contributed by atoms with van der Waals surface area (Å²) in [6, 6.07) is 8.26. The van der Waals surface area contributed by atoms with Crippen molar-refractivity contribution < 1.29 is 14.7 Å². The van der Waals surface area contributed by atoms with Crippen LogP contribution in [0, 0.1) is 0 Å². The van der Waals surface area contributed by atoms with Crippen LogP contribution in [0.15, 0.2) is 30.3 Å². The van der Waals surface area contributed by atoms with E-state index in [0.29, 0.717) is 11.8 Å². The van der Waals surface area contributed by atoms with Crippen molar-refractivity contribution in [3.05, 3.63) is 35.9 Å². The molecule has 0 heterocycles. The van der Waals surface area contributed by atoms with Crippen molar-refractivity contribution >= 4 is 23.8 Å². The first kappa shape index (κ1) is 17.4. The van der Waals surface area contributed by atoms with Crippen LogP contribution in [0.2, 0.25) is 0 Å². The van der Waals surface area contributed by atoms with Crippen molar-refractivity contribution in [2.75, 3.05) is 12.8 Å². The zero-order valence-corrected chi connectivity index (χ0v) is 13.2. The summed E-state index contributed by atoms with van der Waals surface area (Å²) in [6.45, 7) is 2.67. The highest BCUT2D eigenvalue weighted by Crippen LogP contribution is 2.16. The fourth-order valence-electron chi connectivity index (χ4n) is 1.83. The number of amides is 2. The second kappa shape index (κ2) is 9.28. The number of nitrogens with one attached hydrogen (secondary N) is 2. The van der Waals surface area contributed by atoms with Crippen molar-refractivity contribution in [2.24, 2.45) is 0 Å². The lowest BCUT2D eigenvalue weighted by Gasteiger charge is -2.18. The number of urea groups is 1. The van der Waals surface area contributed by atoms with Crippen molar-refractivity contribution in [1.82, 2.24) is 10.6 Å². The summed E-state index contributed by atoms with van der Waals surface area (Å²) >= 11 is 1.75. The van der Waals surface area contributed by atoms with Crippen molar-refractivity contribution in [2.45, 2.75) is 31.1 Å². The molecule has 0 aromatic heterocycles. The number of hydrogen-bond donors (Lipinski definition) is 3. The monoisotopic (exact) mass is 310 g/mol. The Kier molecular flexibility index (Phi) is 7.68. The topological polar surface area (TPSA) is 78.4 Å². The highest BCUT2D eigenvalue weighted by molar-refractivity contribution is 7.99. The summed E-state index contributed by atoms with van der Waals surface area (Å²) in [4.78, 5) is 22.8. The Hall–Kier alpha value is -1.69. The third-order valence-electron chi connectivity index (χ3n) is 3.12. The van der Waals surface area contributed by atoms with Gasteiger partial charge in [0.05, 0.1) is 12.5 Å². The van der Waals surface area contributed by atoms with Crippen LogP contribution in [0.1, 0.15) is 31.4 Å². The van der Waals surface area contributed by atoms with Gasteiger partial charge in [0.15, 0.2) is 0 Å². The Balaban J connectivity index is 2.53. The molecule has 3 N–H and O–H groups in total. The Morgan fingerprint density at radius 3 is 2.52 bits per heavy atom. The van der Waals surface area contributed by atoms with Gasteiger partial charge in [-0.2, -0.15) is 11.8 Å². The molecule has 5 nitrogen and oxygen atoms in total. The van der Waals surface area contributed by atoms with E-state index in [1.54, 1.807) is 11.8 Å². The van der Waals surface area contributed by atoms with Crippen molar-refractivity contribution in [3.63, 3.8) is 0 Å². The van der Waals surface area contributed by atoms with Gasteiger partial charge in [0.2, 0.25) is 0 Å². The molecule has 21 heavy (non-hydrogen) atoms. The molecule has 0 saturated heterocycles. The zero-order chi connectivity index (χ0) is 15.7. The van der Waals surface area contributed by atoms with Gasteiger partial charge < -0.3 is 15.7 Å². The third-order valence-corrected chi connectivity index (χ3v) is 4.17. The molecule has 2 atom stereocenters. The number of carboxylic acid groups (broad SMARTS) is 1.